The summed E-state index contributed by atoms with van der Waals surface area (Å²) in [4.78, 5) is 78.1. The maximum Gasteiger partial charge on any atom is 0.303 e. The van der Waals surface area contributed by atoms with E-state index in [1.165, 1.54) is 27.7 Å². The SMILES string of the molecule is CC(=O)OC[C@H]1O[C@@H](Oc2ccc(C(=O)CCCOCOCOCCN=[N+]=[N-])cc2O[Si](C)(C)C(C)(C)C)[C@H](C)[C@@H](C)[C@H]1OC(C)=O.CC(=O)OC[C@H]1O[C@@H](Oc2ccc(CCC(=O)CCCOCCOCCOCCN=[N+]=[N-])cc2O[Si](C)(C)C(C)(C)C)[C@H](C)[C@@H](C)[C@H]1OC(C)=O. The van der Waals surface area contributed by atoms with Gasteiger partial charge in [-0.15, -0.1) is 0 Å². The summed E-state index contributed by atoms with van der Waals surface area (Å²) in [6.45, 7) is 37.9. The van der Waals surface area contributed by atoms with Gasteiger partial charge in [-0.05, 0) is 102 Å². The predicted molar refractivity (Wildman–Crippen MR) is 367 cm³/mol. The van der Waals surface area contributed by atoms with E-state index in [1.54, 1.807) is 18.2 Å². The van der Waals surface area contributed by atoms with Crippen molar-refractivity contribution in [3.63, 3.8) is 0 Å². The van der Waals surface area contributed by atoms with Crippen LogP contribution >= 0.6 is 0 Å². The monoisotopic (exact) mass is 1420 g/mol. The molecule has 2 aromatic carbocycles. The number of Topliss-reactive ketones (excluding diaryl/α,β-unsaturated/α-hetero) is 2. The number of carbonyl (C=O) groups is 6. The molecular formula is C68H110N6O22Si2. The molecule has 0 bridgehead atoms. The summed E-state index contributed by atoms with van der Waals surface area (Å²) in [5, 5.41) is 6.54. The number of hydrogen-bond donors (Lipinski definition) is 0. The van der Waals surface area contributed by atoms with Gasteiger partial charge in [0.25, 0.3) is 16.6 Å². The normalized spacial score (nSPS) is 21.0. The minimum absolute atomic E-state index is 0.00845. The molecule has 2 aliphatic rings. The molecule has 2 fully saturated rings. The van der Waals surface area contributed by atoms with Gasteiger partial charge in [-0.2, -0.15) is 0 Å². The Morgan fingerprint density at radius 3 is 1.38 bits per heavy atom. The van der Waals surface area contributed by atoms with Crippen molar-refractivity contribution < 1.29 is 104 Å². The van der Waals surface area contributed by atoms with E-state index in [-0.39, 0.29) is 91.7 Å². The number of azide groups is 2. The Morgan fingerprint density at radius 1 is 0.500 bits per heavy atom. The number of esters is 4. The van der Waals surface area contributed by atoms with Crippen LogP contribution < -0.4 is 18.3 Å². The van der Waals surface area contributed by atoms with Crippen molar-refractivity contribution in [1.29, 1.82) is 0 Å². The van der Waals surface area contributed by atoms with E-state index in [4.69, 9.17) is 86.2 Å². The summed E-state index contributed by atoms with van der Waals surface area (Å²) in [5.41, 5.74) is 17.9. The van der Waals surface area contributed by atoms with Crippen LogP contribution in [0.15, 0.2) is 46.6 Å². The first kappa shape index (κ1) is 85.8. The zero-order chi connectivity index (χ0) is 73.2. The number of ketones is 2. The number of hydrogen-bond acceptors (Lipinski definition) is 24. The second kappa shape index (κ2) is 43.3. The van der Waals surface area contributed by atoms with Crippen LogP contribution in [0.1, 0.15) is 145 Å². The number of benzene rings is 2. The molecule has 2 aromatic rings. The van der Waals surface area contributed by atoms with Crippen LogP contribution in [0, 0.1) is 23.7 Å². The third-order valence-electron chi connectivity index (χ3n) is 17.5. The Labute approximate surface area is 580 Å². The van der Waals surface area contributed by atoms with Crippen molar-refractivity contribution >= 4 is 52.1 Å². The van der Waals surface area contributed by atoms with Crippen molar-refractivity contribution in [2.45, 2.75) is 209 Å². The first-order valence-corrected chi connectivity index (χ1v) is 39.4. The van der Waals surface area contributed by atoms with Crippen molar-refractivity contribution in [2.24, 2.45) is 33.9 Å². The molecule has 10 atom stereocenters. The van der Waals surface area contributed by atoms with Gasteiger partial charge in [-0.25, -0.2) is 0 Å². The highest BCUT2D eigenvalue weighted by atomic mass is 28.4. The average Bonchev–Trinajstić information content (AvgIpc) is 0.803. The first-order valence-electron chi connectivity index (χ1n) is 33.6. The Balaban J connectivity index is 0.000000512. The van der Waals surface area contributed by atoms with Crippen molar-refractivity contribution in [3.8, 4) is 23.0 Å². The molecule has 0 radical (unpaired) electrons. The van der Waals surface area contributed by atoms with E-state index < -0.39 is 77.5 Å². The van der Waals surface area contributed by atoms with Gasteiger partial charge in [0.2, 0.25) is 12.6 Å². The lowest BCUT2D eigenvalue weighted by Gasteiger charge is -2.43. The Morgan fingerprint density at radius 2 is 0.918 bits per heavy atom. The number of ether oxygens (including phenoxy) is 14. The molecule has 0 aromatic heterocycles. The van der Waals surface area contributed by atoms with Crippen molar-refractivity contribution in [1.82, 2.24) is 0 Å². The summed E-state index contributed by atoms with van der Waals surface area (Å²) < 4.78 is 92.6. The summed E-state index contributed by atoms with van der Waals surface area (Å²) in [6.07, 6.45) is -1.50. The molecule has 0 unspecified atom stereocenters. The second-order valence-electron chi connectivity index (χ2n) is 27.3. The van der Waals surface area contributed by atoms with Gasteiger partial charge < -0.3 is 75.2 Å². The quantitative estimate of drug-likeness (QED) is 0.00685. The molecule has 2 heterocycles. The molecule has 30 heteroatoms. The molecule has 2 saturated heterocycles. The number of aryl methyl sites for hydroxylation is 1. The predicted octanol–water partition coefficient (Wildman–Crippen LogP) is 12.8. The van der Waals surface area contributed by atoms with Crippen LogP contribution in [0.3, 0.4) is 0 Å². The number of rotatable bonds is 42. The maximum absolute atomic E-state index is 13.2. The molecule has 4 rings (SSSR count). The largest absolute Gasteiger partial charge is 0.541 e. The van der Waals surface area contributed by atoms with E-state index in [9.17, 15) is 28.8 Å². The molecule has 0 spiro atoms. The Hall–Kier alpha value is -6.41. The van der Waals surface area contributed by atoms with E-state index >= 15 is 0 Å². The highest BCUT2D eigenvalue weighted by molar-refractivity contribution is 6.75. The van der Waals surface area contributed by atoms with Gasteiger partial charge in [-0.3, -0.25) is 28.8 Å². The van der Waals surface area contributed by atoms with Gasteiger partial charge >= 0.3 is 23.9 Å². The van der Waals surface area contributed by atoms with Gasteiger partial charge in [0.1, 0.15) is 68.5 Å². The number of nitrogens with zero attached hydrogens (tertiary/aromatic N) is 6. The zero-order valence-corrected chi connectivity index (χ0v) is 63.0. The lowest BCUT2D eigenvalue weighted by molar-refractivity contribution is -0.248. The van der Waals surface area contributed by atoms with Crippen LogP contribution in [0.5, 0.6) is 23.0 Å². The molecule has 0 saturated carbocycles. The first-order chi connectivity index (χ1) is 46.1. The smallest absolute Gasteiger partial charge is 0.303 e. The topological polar surface area (TPSA) is 348 Å². The van der Waals surface area contributed by atoms with Gasteiger partial charge in [0.05, 0.1) is 39.6 Å². The summed E-state index contributed by atoms with van der Waals surface area (Å²) in [5.74, 6) is -0.562. The third-order valence-corrected chi connectivity index (χ3v) is 26.2. The molecule has 98 heavy (non-hydrogen) atoms. The molecule has 0 amide bonds. The van der Waals surface area contributed by atoms with Crippen molar-refractivity contribution in [3.05, 3.63) is 68.4 Å². The van der Waals surface area contributed by atoms with Gasteiger partial charge in [0.15, 0.2) is 17.3 Å². The Kier molecular flexibility index (Phi) is 37.9. The van der Waals surface area contributed by atoms with Gasteiger partial charge in [-0.1, -0.05) is 85.5 Å². The standard InChI is InChI=1S/C36H59N3O11Si.C32H51N3O11Si/c1-25-26(2)35(49-33(24-46-27(3)40)34(25)47-28(4)41)48-31-15-13-29(23-32(31)50-51(8,9)36(5,6)7)12-14-30(42)11-10-17-43-19-21-45-22-20-44-18-16-38-39-37;1-21-22(2)31(45-29(18-42-23(3)36)30(21)43-24(4)37)44-27-13-12-25(17-28(27)46-47(8,9)32(5,6)7)26(38)11-10-15-39-19-41-20-40-16-14-34-35-33/h13,15,23,25-26,33-35H,10-12,14,16-22,24H2,1-9H3;12-13,17,21-22,29-31H,10-11,14-16,18-20H2,1-9H3/t25-,26-,33-,34-,35-;21-,22-,29-,30-,31-/m11/s1. The van der Waals surface area contributed by atoms with Crippen molar-refractivity contribution in [2.75, 3.05) is 92.7 Å². The molecule has 0 aliphatic carbocycles. The molecule has 552 valence electrons. The van der Waals surface area contributed by atoms with Crippen LogP contribution in [-0.2, 0) is 87.2 Å². The minimum atomic E-state index is -2.37. The van der Waals surface area contributed by atoms with Crippen LogP contribution in [-0.4, -0.2) is 182 Å². The molecule has 0 N–H and O–H groups in total. The summed E-state index contributed by atoms with van der Waals surface area (Å²) in [7, 11) is -4.67. The van der Waals surface area contributed by atoms with E-state index in [2.05, 4.69) is 87.8 Å². The van der Waals surface area contributed by atoms with E-state index in [1.807, 2.05) is 45.9 Å². The fourth-order valence-electron chi connectivity index (χ4n) is 9.43. The fourth-order valence-corrected chi connectivity index (χ4v) is 11.5. The molecule has 2 aliphatic heterocycles. The minimum Gasteiger partial charge on any atom is -0.541 e. The van der Waals surface area contributed by atoms with Gasteiger partial charge in [0, 0.05) is 112 Å². The molecule has 28 nitrogen and oxygen atoms in total. The van der Waals surface area contributed by atoms with E-state index in [0.717, 1.165) is 5.56 Å². The van der Waals surface area contributed by atoms with Crippen LogP contribution in [0.4, 0.5) is 0 Å². The van der Waals surface area contributed by atoms with E-state index in [0.29, 0.717) is 113 Å². The lowest BCUT2D eigenvalue weighted by atomic mass is 9.84. The zero-order valence-electron chi connectivity index (χ0n) is 61.0. The second-order valence-corrected chi connectivity index (χ2v) is 36.8. The summed E-state index contributed by atoms with van der Waals surface area (Å²) in [6, 6.07) is 10.9. The summed E-state index contributed by atoms with van der Waals surface area (Å²) >= 11 is 0. The lowest BCUT2D eigenvalue weighted by Crippen LogP contribution is -2.54. The number of carbonyl (C=O) groups excluding carboxylic acids is 6. The third kappa shape index (κ3) is 31.0. The molecular weight excluding hydrogens is 1310 g/mol. The highest BCUT2D eigenvalue weighted by Crippen LogP contribution is 2.45. The average molecular weight is 1420 g/mol. The van der Waals surface area contributed by atoms with Crippen LogP contribution in [0.2, 0.25) is 36.3 Å². The highest BCUT2D eigenvalue weighted by Gasteiger charge is 2.48. The Bertz CT molecular complexity index is 2920. The van der Waals surface area contributed by atoms with Crippen LogP contribution in [0.25, 0.3) is 20.9 Å². The fraction of sp³-hybridized carbons (Fsp3) is 0.735. The maximum atomic E-state index is 13.2.